The lowest BCUT2D eigenvalue weighted by Gasteiger charge is -2.10. The van der Waals surface area contributed by atoms with Gasteiger partial charge in [-0.3, -0.25) is 9.36 Å². The van der Waals surface area contributed by atoms with Crippen molar-refractivity contribution in [2.24, 2.45) is 0 Å². The average Bonchev–Trinajstić information content (AvgIpc) is 2.92. The average molecular weight is 346 g/mol. The van der Waals surface area contributed by atoms with Crippen molar-refractivity contribution in [2.75, 3.05) is 6.61 Å². The summed E-state index contributed by atoms with van der Waals surface area (Å²) in [7, 11) is 0. The van der Waals surface area contributed by atoms with E-state index >= 15 is 0 Å². The van der Waals surface area contributed by atoms with Crippen LogP contribution < -0.4 is 10.3 Å². The van der Waals surface area contributed by atoms with Crippen LogP contribution in [-0.4, -0.2) is 21.1 Å². The molecule has 5 nitrogen and oxygen atoms in total. The summed E-state index contributed by atoms with van der Waals surface area (Å²) in [5.41, 5.74) is 1.63. The van der Waals surface area contributed by atoms with Crippen molar-refractivity contribution in [3.8, 4) is 5.75 Å². The van der Waals surface area contributed by atoms with Crippen LogP contribution in [0, 0.1) is 13.8 Å². The molecule has 0 aliphatic carbocycles. The molecule has 126 valence electrons. The van der Waals surface area contributed by atoms with E-state index in [1.54, 1.807) is 16.7 Å². The third kappa shape index (κ3) is 3.62. The van der Waals surface area contributed by atoms with Crippen molar-refractivity contribution in [1.29, 1.82) is 0 Å². The Kier molecular flexibility index (Phi) is 4.90. The number of H-pyrrole nitrogens is 1. The van der Waals surface area contributed by atoms with Gasteiger partial charge in [0.2, 0.25) is 0 Å². The van der Waals surface area contributed by atoms with Gasteiger partial charge in [-0.25, -0.2) is 4.98 Å². The summed E-state index contributed by atoms with van der Waals surface area (Å²) >= 11 is 5.84. The number of benzene rings is 1. The fourth-order valence-electron chi connectivity index (χ4n) is 2.70. The van der Waals surface area contributed by atoms with Crippen molar-refractivity contribution >= 4 is 22.6 Å². The second kappa shape index (κ2) is 7.09. The zero-order chi connectivity index (χ0) is 17.1. The zero-order valence-corrected chi connectivity index (χ0v) is 14.6. The Bertz CT molecular complexity index is 897. The highest BCUT2D eigenvalue weighted by molar-refractivity contribution is 6.30. The van der Waals surface area contributed by atoms with Gasteiger partial charge < -0.3 is 9.72 Å². The van der Waals surface area contributed by atoms with Gasteiger partial charge >= 0.3 is 0 Å². The highest BCUT2D eigenvalue weighted by Crippen LogP contribution is 2.16. The third-order valence-corrected chi connectivity index (χ3v) is 4.18. The van der Waals surface area contributed by atoms with Crippen LogP contribution in [0.25, 0.3) is 11.0 Å². The number of hydrogen-bond acceptors (Lipinski definition) is 3. The van der Waals surface area contributed by atoms with Gasteiger partial charge in [0.1, 0.15) is 17.2 Å². The second-order valence-electron chi connectivity index (χ2n) is 5.84. The molecule has 3 aromatic rings. The van der Waals surface area contributed by atoms with Crippen LogP contribution >= 0.6 is 11.6 Å². The molecule has 0 saturated carbocycles. The largest absolute Gasteiger partial charge is 0.494 e. The fraction of sp³-hybridized carbons (Fsp3) is 0.333. The molecule has 2 heterocycles. The lowest BCUT2D eigenvalue weighted by atomic mass is 10.3. The smallest absolute Gasteiger partial charge is 0.263 e. The van der Waals surface area contributed by atoms with Gasteiger partial charge in [-0.2, -0.15) is 0 Å². The Morgan fingerprint density at radius 3 is 2.71 bits per heavy atom. The molecular formula is C18H20ClN3O2. The number of hydrogen-bond donors (Lipinski definition) is 1. The molecule has 0 amide bonds. The first-order chi connectivity index (χ1) is 11.5. The summed E-state index contributed by atoms with van der Waals surface area (Å²) in [4.78, 5) is 20.1. The van der Waals surface area contributed by atoms with Crippen molar-refractivity contribution in [1.82, 2.24) is 14.5 Å². The molecule has 0 saturated heterocycles. The second-order valence-corrected chi connectivity index (χ2v) is 6.28. The van der Waals surface area contributed by atoms with E-state index in [2.05, 4.69) is 9.97 Å². The first-order valence-corrected chi connectivity index (χ1v) is 8.37. The van der Waals surface area contributed by atoms with Gasteiger partial charge in [0.15, 0.2) is 0 Å². The maximum Gasteiger partial charge on any atom is 0.263 e. The van der Waals surface area contributed by atoms with E-state index < -0.39 is 0 Å². The van der Waals surface area contributed by atoms with E-state index in [9.17, 15) is 4.79 Å². The molecule has 6 heteroatoms. The number of rotatable bonds is 6. The van der Waals surface area contributed by atoms with E-state index in [1.807, 2.05) is 32.0 Å². The molecule has 0 bridgehead atoms. The highest BCUT2D eigenvalue weighted by atomic mass is 35.5. The normalized spacial score (nSPS) is 11.1. The molecule has 0 fully saturated rings. The summed E-state index contributed by atoms with van der Waals surface area (Å²) in [6.07, 6.45) is 1.71. The molecule has 0 aliphatic rings. The molecule has 0 aliphatic heterocycles. The SMILES string of the molecule is Cc1cc2c(=O)n(CCCCOc3ccc(Cl)cc3)c(C)nc2[nH]1. The maximum absolute atomic E-state index is 12.5. The monoisotopic (exact) mass is 345 g/mol. The molecule has 24 heavy (non-hydrogen) atoms. The van der Waals surface area contributed by atoms with Crippen molar-refractivity contribution in [3.05, 3.63) is 57.2 Å². The number of aryl methyl sites for hydroxylation is 2. The molecule has 1 aromatic carbocycles. The molecule has 3 rings (SSSR count). The number of unbranched alkanes of at least 4 members (excludes halogenated alkanes) is 1. The molecule has 2 aromatic heterocycles. The molecule has 0 radical (unpaired) electrons. The van der Waals surface area contributed by atoms with Crippen LogP contribution in [0.1, 0.15) is 24.4 Å². The van der Waals surface area contributed by atoms with Crippen LogP contribution in [-0.2, 0) is 6.54 Å². The van der Waals surface area contributed by atoms with E-state index in [1.165, 1.54) is 0 Å². The van der Waals surface area contributed by atoms with Gasteiger partial charge in [0.25, 0.3) is 5.56 Å². The predicted octanol–water partition coefficient (Wildman–Crippen LogP) is 3.85. The molecule has 1 N–H and O–H groups in total. The van der Waals surface area contributed by atoms with Crippen LogP contribution in [0.2, 0.25) is 5.02 Å². The molecular weight excluding hydrogens is 326 g/mol. The minimum absolute atomic E-state index is 0.0143. The Morgan fingerprint density at radius 1 is 1.21 bits per heavy atom. The topological polar surface area (TPSA) is 59.9 Å². The fourth-order valence-corrected chi connectivity index (χ4v) is 2.82. The Balaban J connectivity index is 1.57. The van der Waals surface area contributed by atoms with E-state index in [4.69, 9.17) is 16.3 Å². The Labute approximate surface area is 145 Å². The van der Waals surface area contributed by atoms with Crippen LogP contribution in [0.4, 0.5) is 0 Å². The maximum atomic E-state index is 12.5. The Morgan fingerprint density at radius 2 is 1.96 bits per heavy atom. The minimum Gasteiger partial charge on any atom is -0.494 e. The number of ether oxygens (including phenoxy) is 1. The van der Waals surface area contributed by atoms with Gasteiger partial charge in [0, 0.05) is 17.3 Å². The van der Waals surface area contributed by atoms with Gasteiger partial charge in [-0.05, 0) is 57.0 Å². The van der Waals surface area contributed by atoms with Crippen LogP contribution in [0.15, 0.2) is 35.1 Å². The summed E-state index contributed by atoms with van der Waals surface area (Å²) in [5.74, 6) is 1.53. The summed E-state index contributed by atoms with van der Waals surface area (Å²) < 4.78 is 7.40. The number of nitrogens with zero attached hydrogens (tertiary/aromatic N) is 2. The molecule has 0 atom stereocenters. The van der Waals surface area contributed by atoms with Gasteiger partial charge in [-0.15, -0.1) is 0 Å². The van der Waals surface area contributed by atoms with Crippen molar-refractivity contribution in [2.45, 2.75) is 33.2 Å². The number of halogens is 1. The molecule has 0 spiro atoms. The Hall–Kier alpha value is -2.27. The van der Waals surface area contributed by atoms with E-state index in [0.717, 1.165) is 30.1 Å². The van der Waals surface area contributed by atoms with Gasteiger partial charge in [-0.1, -0.05) is 11.6 Å². The van der Waals surface area contributed by atoms with Gasteiger partial charge in [0.05, 0.1) is 12.0 Å². The summed E-state index contributed by atoms with van der Waals surface area (Å²) in [6.45, 7) is 5.03. The van der Waals surface area contributed by atoms with E-state index in [0.29, 0.717) is 29.2 Å². The number of aromatic nitrogens is 3. The first kappa shape index (κ1) is 16.6. The summed E-state index contributed by atoms with van der Waals surface area (Å²) in [6, 6.07) is 9.16. The standard InChI is InChI=1S/C18H20ClN3O2/c1-12-11-16-17(20-12)21-13(2)22(18(16)23)9-3-4-10-24-15-7-5-14(19)6-8-15/h5-8,11,20H,3-4,9-10H2,1-2H3. The lowest BCUT2D eigenvalue weighted by molar-refractivity contribution is 0.302. The van der Waals surface area contributed by atoms with Crippen molar-refractivity contribution in [3.63, 3.8) is 0 Å². The number of fused-ring (bicyclic) bond motifs is 1. The van der Waals surface area contributed by atoms with E-state index in [-0.39, 0.29) is 5.56 Å². The van der Waals surface area contributed by atoms with Crippen LogP contribution in [0.3, 0.4) is 0 Å². The highest BCUT2D eigenvalue weighted by Gasteiger charge is 2.09. The minimum atomic E-state index is 0.0143. The molecule has 0 unspecified atom stereocenters. The lowest BCUT2D eigenvalue weighted by Crippen LogP contribution is -2.23. The number of aromatic amines is 1. The zero-order valence-electron chi connectivity index (χ0n) is 13.8. The quantitative estimate of drug-likeness (QED) is 0.690. The third-order valence-electron chi connectivity index (χ3n) is 3.93. The number of nitrogens with one attached hydrogen (secondary N) is 1. The van der Waals surface area contributed by atoms with Crippen LogP contribution in [0.5, 0.6) is 5.75 Å². The van der Waals surface area contributed by atoms with Crippen molar-refractivity contribution < 1.29 is 4.74 Å². The first-order valence-electron chi connectivity index (χ1n) is 8.00. The summed E-state index contributed by atoms with van der Waals surface area (Å²) in [5, 5.41) is 1.34. The predicted molar refractivity (Wildman–Crippen MR) is 96.0 cm³/mol.